The minimum atomic E-state index is 0.497. The number of aromatic nitrogens is 1. The zero-order valence-electron chi connectivity index (χ0n) is 10.9. The van der Waals surface area contributed by atoms with Crippen molar-refractivity contribution in [2.75, 3.05) is 6.54 Å². The number of hydrogen-bond acceptors (Lipinski definition) is 2. The van der Waals surface area contributed by atoms with Crippen LogP contribution >= 0.6 is 0 Å². The number of nitrogens with zero attached hydrogens (tertiary/aromatic N) is 1. The van der Waals surface area contributed by atoms with Gasteiger partial charge in [0.15, 0.2) is 0 Å². The maximum atomic E-state index is 4.24. The Kier molecular flexibility index (Phi) is 4.99. The van der Waals surface area contributed by atoms with Crippen molar-refractivity contribution in [2.24, 2.45) is 5.92 Å². The van der Waals surface area contributed by atoms with Gasteiger partial charge in [-0.3, -0.25) is 4.98 Å². The predicted octanol–water partition coefficient (Wildman–Crippen LogP) is 3.70. The monoisotopic (exact) mass is 232 g/mol. The molecule has 1 saturated carbocycles. The average molecular weight is 232 g/mol. The minimum Gasteiger partial charge on any atom is -0.310 e. The van der Waals surface area contributed by atoms with Crippen LogP contribution in [-0.4, -0.2) is 11.5 Å². The Morgan fingerprint density at radius 1 is 1.35 bits per heavy atom. The van der Waals surface area contributed by atoms with Gasteiger partial charge in [-0.05, 0) is 30.5 Å². The Bertz CT molecular complexity index is 304. The van der Waals surface area contributed by atoms with Gasteiger partial charge >= 0.3 is 0 Å². The largest absolute Gasteiger partial charge is 0.310 e. The highest BCUT2D eigenvalue weighted by Gasteiger charge is 2.19. The van der Waals surface area contributed by atoms with E-state index in [1.165, 1.54) is 44.1 Å². The lowest BCUT2D eigenvalue weighted by atomic mass is 9.83. The van der Waals surface area contributed by atoms with Crippen LogP contribution in [0.5, 0.6) is 0 Å². The normalized spacial score (nSPS) is 19.1. The molecule has 0 aliphatic heterocycles. The van der Waals surface area contributed by atoms with Crippen LogP contribution in [0.4, 0.5) is 0 Å². The molecule has 1 aromatic rings. The van der Waals surface area contributed by atoms with E-state index in [0.717, 1.165) is 12.5 Å². The van der Waals surface area contributed by atoms with E-state index >= 15 is 0 Å². The molecule has 2 heteroatoms. The highest BCUT2D eigenvalue weighted by molar-refractivity contribution is 5.13. The summed E-state index contributed by atoms with van der Waals surface area (Å²) in [6.45, 7) is 3.22. The van der Waals surface area contributed by atoms with E-state index in [9.17, 15) is 0 Å². The van der Waals surface area contributed by atoms with E-state index < -0.39 is 0 Å². The van der Waals surface area contributed by atoms with Crippen molar-refractivity contribution in [3.8, 4) is 0 Å². The molecule has 1 aromatic heterocycles. The molecule has 0 saturated heterocycles. The highest BCUT2D eigenvalue weighted by Crippen LogP contribution is 2.31. The molecule has 0 aromatic carbocycles. The summed E-state index contributed by atoms with van der Waals surface area (Å²) < 4.78 is 0. The SMILES string of the molecule is CCNC(CC1CCCCC1)c1cccnc1. The van der Waals surface area contributed by atoms with Crippen LogP contribution in [0.2, 0.25) is 0 Å². The molecule has 2 nitrogen and oxygen atoms in total. The average Bonchev–Trinajstić information content (AvgIpc) is 2.40. The summed E-state index contributed by atoms with van der Waals surface area (Å²) in [5.74, 6) is 0.910. The van der Waals surface area contributed by atoms with Gasteiger partial charge in [0.05, 0.1) is 0 Å². The van der Waals surface area contributed by atoms with Gasteiger partial charge < -0.3 is 5.32 Å². The highest BCUT2D eigenvalue weighted by atomic mass is 14.9. The first kappa shape index (κ1) is 12.6. The summed E-state index contributed by atoms with van der Waals surface area (Å²) in [5, 5.41) is 3.61. The molecule has 94 valence electrons. The molecule has 1 atom stereocenters. The molecule has 1 N–H and O–H groups in total. The van der Waals surface area contributed by atoms with E-state index in [1.807, 2.05) is 18.5 Å². The van der Waals surface area contributed by atoms with E-state index in [2.05, 4.69) is 23.3 Å². The third-order valence-corrected chi connectivity index (χ3v) is 3.83. The van der Waals surface area contributed by atoms with Gasteiger partial charge in [0, 0.05) is 18.4 Å². The molecule has 2 rings (SSSR count). The smallest absolute Gasteiger partial charge is 0.0338 e. The van der Waals surface area contributed by atoms with Crippen LogP contribution in [0.1, 0.15) is 57.1 Å². The third kappa shape index (κ3) is 3.81. The van der Waals surface area contributed by atoms with Gasteiger partial charge in [0.25, 0.3) is 0 Å². The second-order valence-corrected chi connectivity index (χ2v) is 5.14. The van der Waals surface area contributed by atoms with Crippen LogP contribution in [-0.2, 0) is 0 Å². The zero-order valence-corrected chi connectivity index (χ0v) is 10.9. The Balaban J connectivity index is 1.96. The lowest BCUT2D eigenvalue weighted by Crippen LogP contribution is -2.24. The maximum absolute atomic E-state index is 4.24. The molecule has 0 spiro atoms. The number of rotatable bonds is 5. The number of hydrogen-bond donors (Lipinski definition) is 1. The Hall–Kier alpha value is -0.890. The fourth-order valence-electron chi connectivity index (χ4n) is 2.92. The van der Waals surface area contributed by atoms with Gasteiger partial charge in [-0.1, -0.05) is 45.1 Å². The first-order valence-corrected chi connectivity index (χ1v) is 7.03. The summed E-state index contributed by atoms with van der Waals surface area (Å²) in [6.07, 6.45) is 12.3. The van der Waals surface area contributed by atoms with Crippen LogP contribution in [0, 0.1) is 5.92 Å². The van der Waals surface area contributed by atoms with Crippen molar-refractivity contribution in [3.05, 3.63) is 30.1 Å². The molecular weight excluding hydrogens is 208 g/mol. The molecule has 0 bridgehead atoms. The first-order valence-electron chi connectivity index (χ1n) is 7.03. The van der Waals surface area contributed by atoms with Gasteiger partial charge in [-0.25, -0.2) is 0 Å². The van der Waals surface area contributed by atoms with Crippen molar-refractivity contribution >= 4 is 0 Å². The van der Waals surface area contributed by atoms with Crippen molar-refractivity contribution < 1.29 is 0 Å². The fraction of sp³-hybridized carbons (Fsp3) is 0.667. The lowest BCUT2D eigenvalue weighted by molar-refractivity contribution is 0.301. The summed E-state index contributed by atoms with van der Waals surface area (Å²) >= 11 is 0. The second-order valence-electron chi connectivity index (χ2n) is 5.14. The van der Waals surface area contributed by atoms with Crippen LogP contribution in [0.3, 0.4) is 0 Å². The Morgan fingerprint density at radius 2 is 2.18 bits per heavy atom. The summed E-state index contributed by atoms with van der Waals surface area (Å²) in [7, 11) is 0. The molecule has 1 aliphatic carbocycles. The fourth-order valence-corrected chi connectivity index (χ4v) is 2.92. The van der Waals surface area contributed by atoms with Gasteiger partial charge in [-0.2, -0.15) is 0 Å². The minimum absolute atomic E-state index is 0.497. The van der Waals surface area contributed by atoms with Gasteiger partial charge in [0.2, 0.25) is 0 Å². The molecule has 1 heterocycles. The quantitative estimate of drug-likeness (QED) is 0.837. The molecule has 0 amide bonds. The van der Waals surface area contributed by atoms with Crippen molar-refractivity contribution in [1.29, 1.82) is 0 Å². The summed E-state index contributed by atoms with van der Waals surface area (Å²) in [5.41, 5.74) is 1.35. The van der Waals surface area contributed by atoms with Crippen LogP contribution < -0.4 is 5.32 Å². The van der Waals surface area contributed by atoms with E-state index in [4.69, 9.17) is 0 Å². The second kappa shape index (κ2) is 6.75. The third-order valence-electron chi connectivity index (χ3n) is 3.83. The molecule has 17 heavy (non-hydrogen) atoms. The van der Waals surface area contributed by atoms with Gasteiger partial charge in [-0.15, -0.1) is 0 Å². The van der Waals surface area contributed by atoms with Crippen LogP contribution in [0.25, 0.3) is 0 Å². The standard InChI is InChI=1S/C15H24N2/c1-2-17-15(14-9-6-10-16-12-14)11-13-7-4-3-5-8-13/h6,9-10,12-13,15,17H,2-5,7-8,11H2,1H3. The van der Waals surface area contributed by atoms with Crippen molar-refractivity contribution in [3.63, 3.8) is 0 Å². The Morgan fingerprint density at radius 3 is 2.82 bits per heavy atom. The van der Waals surface area contributed by atoms with Crippen molar-refractivity contribution in [2.45, 2.75) is 51.5 Å². The van der Waals surface area contributed by atoms with Crippen molar-refractivity contribution in [1.82, 2.24) is 10.3 Å². The summed E-state index contributed by atoms with van der Waals surface area (Å²) in [4.78, 5) is 4.24. The zero-order chi connectivity index (χ0) is 11.9. The molecule has 1 aliphatic rings. The maximum Gasteiger partial charge on any atom is 0.0338 e. The number of pyridine rings is 1. The lowest BCUT2D eigenvalue weighted by Gasteiger charge is -2.27. The number of nitrogens with one attached hydrogen (secondary N) is 1. The topological polar surface area (TPSA) is 24.9 Å². The molecule has 1 fully saturated rings. The first-order chi connectivity index (χ1) is 8.40. The molecule has 1 unspecified atom stereocenters. The van der Waals surface area contributed by atoms with Gasteiger partial charge in [0.1, 0.15) is 0 Å². The molecule has 0 radical (unpaired) electrons. The Labute approximate surface area is 105 Å². The van der Waals surface area contributed by atoms with Crippen LogP contribution in [0.15, 0.2) is 24.5 Å². The van der Waals surface area contributed by atoms with E-state index in [0.29, 0.717) is 6.04 Å². The van der Waals surface area contributed by atoms with E-state index in [-0.39, 0.29) is 0 Å². The molecular formula is C15H24N2. The summed E-state index contributed by atoms with van der Waals surface area (Å²) in [6, 6.07) is 4.74. The predicted molar refractivity (Wildman–Crippen MR) is 71.8 cm³/mol. The van der Waals surface area contributed by atoms with E-state index in [1.54, 1.807) is 0 Å².